The maximum Gasteiger partial charge on any atom is 0.243 e. The van der Waals surface area contributed by atoms with Gasteiger partial charge in [0.1, 0.15) is 5.75 Å². The van der Waals surface area contributed by atoms with Gasteiger partial charge in [0.25, 0.3) is 0 Å². The summed E-state index contributed by atoms with van der Waals surface area (Å²) < 4.78 is 5.23. The third-order valence-corrected chi connectivity index (χ3v) is 4.07. The van der Waals surface area contributed by atoms with Crippen molar-refractivity contribution in [3.8, 4) is 5.75 Å². The molecule has 118 valence electrons. The van der Waals surface area contributed by atoms with Crippen LogP contribution in [0.3, 0.4) is 0 Å². The molecule has 0 saturated heterocycles. The molecule has 1 aliphatic heterocycles. The molecular formula is C19H20N2O2. The number of ether oxygens (including phenoxy) is 1. The van der Waals surface area contributed by atoms with Crippen LogP contribution in [0.4, 0.5) is 11.4 Å². The lowest BCUT2D eigenvalue weighted by atomic mass is 9.97. The van der Waals surface area contributed by atoms with Crippen LogP contribution in [0, 0.1) is 0 Å². The van der Waals surface area contributed by atoms with E-state index in [2.05, 4.69) is 28.9 Å². The van der Waals surface area contributed by atoms with Gasteiger partial charge >= 0.3 is 0 Å². The molecular weight excluding hydrogens is 288 g/mol. The quantitative estimate of drug-likeness (QED) is 0.883. The average Bonchev–Trinajstić information content (AvgIpc) is 2.61. The monoisotopic (exact) mass is 308 g/mol. The summed E-state index contributed by atoms with van der Waals surface area (Å²) in [7, 11) is 1.66. The summed E-state index contributed by atoms with van der Waals surface area (Å²) >= 11 is 0. The highest BCUT2D eigenvalue weighted by molar-refractivity contribution is 5.87. The standard InChI is InChI=1S/C19H20N2O2/c1-3-19(22)20-15-12-14-6-4-5-7-18(14)21(13-15)16-8-10-17(23-2)11-9-16/h3-11,15H,1,12-13H2,2H3,(H,20,22). The number of carbonyl (C=O) groups is 1. The summed E-state index contributed by atoms with van der Waals surface area (Å²) in [5.74, 6) is 0.694. The van der Waals surface area contributed by atoms with Crippen molar-refractivity contribution < 1.29 is 9.53 Å². The molecule has 0 aliphatic carbocycles. The van der Waals surface area contributed by atoms with Crippen molar-refractivity contribution in [3.63, 3.8) is 0 Å². The predicted octanol–water partition coefficient (Wildman–Crippen LogP) is 3.06. The molecule has 0 fully saturated rings. The summed E-state index contributed by atoms with van der Waals surface area (Å²) in [5, 5.41) is 3.01. The maximum absolute atomic E-state index is 11.7. The molecule has 0 radical (unpaired) electrons. The number of carbonyl (C=O) groups excluding carboxylic acids is 1. The van der Waals surface area contributed by atoms with Crippen LogP contribution in [0.25, 0.3) is 0 Å². The third-order valence-electron chi connectivity index (χ3n) is 4.07. The van der Waals surface area contributed by atoms with E-state index in [1.165, 1.54) is 17.3 Å². The summed E-state index contributed by atoms with van der Waals surface area (Å²) in [5.41, 5.74) is 3.49. The number of hydrogen-bond acceptors (Lipinski definition) is 3. The van der Waals surface area contributed by atoms with Gasteiger partial charge in [0.15, 0.2) is 0 Å². The van der Waals surface area contributed by atoms with Gasteiger partial charge in [-0.25, -0.2) is 0 Å². The maximum atomic E-state index is 11.7. The van der Waals surface area contributed by atoms with Crippen molar-refractivity contribution in [1.29, 1.82) is 0 Å². The van der Waals surface area contributed by atoms with Crippen LogP contribution in [0.2, 0.25) is 0 Å². The molecule has 0 saturated carbocycles. The van der Waals surface area contributed by atoms with E-state index in [4.69, 9.17) is 4.74 Å². The van der Waals surface area contributed by atoms with Gasteiger partial charge in [-0.2, -0.15) is 0 Å². The van der Waals surface area contributed by atoms with Gasteiger partial charge in [-0.1, -0.05) is 24.8 Å². The van der Waals surface area contributed by atoms with Crippen molar-refractivity contribution in [2.24, 2.45) is 0 Å². The number of nitrogens with zero attached hydrogens (tertiary/aromatic N) is 1. The molecule has 1 amide bonds. The highest BCUT2D eigenvalue weighted by Crippen LogP contribution is 2.34. The van der Waals surface area contributed by atoms with Crippen molar-refractivity contribution in [3.05, 3.63) is 66.7 Å². The predicted molar refractivity (Wildman–Crippen MR) is 92.3 cm³/mol. The van der Waals surface area contributed by atoms with Crippen molar-refractivity contribution in [1.82, 2.24) is 5.32 Å². The number of methoxy groups -OCH3 is 1. The Balaban J connectivity index is 1.93. The summed E-state index contributed by atoms with van der Waals surface area (Å²) in [4.78, 5) is 13.9. The molecule has 0 aromatic heterocycles. The lowest BCUT2D eigenvalue weighted by Crippen LogP contribution is -2.46. The Kier molecular flexibility index (Phi) is 4.33. The van der Waals surface area contributed by atoms with E-state index in [-0.39, 0.29) is 11.9 Å². The first-order valence-electron chi connectivity index (χ1n) is 7.63. The van der Waals surface area contributed by atoms with Crippen LogP contribution in [0.15, 0.2) is 61.2 Å². The molecule has 1 aliphatic rings. The Bertz CT molecular complexity index is 710. The summed E-state index contributed by atoms with van der Waals surface area (Å²) in [6.07, 6.45) is 2.14. The summed E-state index contributed by atoms with van der Waals surface area (Å²) in [6.45, 7) is 4.25. The Morgan fingerprint density at radius 1 is 1.26 bits per heavy atom. The highest BCUT2D eigenvalue weighted by atomic mass is 16.5. The first-order chi connectivity index (χ1) is 11.2. The van der Waals surface area contributed by atoms with Crippen LogP contribution < -0.4 is 15.0 Å². The lowest BCUT2D eigenvalue weighted by molar-refractivity contribution is -0.117. The zero-order valence-electron chi connectivity index (χ0n) is 13.2. The second-order valence-electron chi connectivity index (χ2n) is 5.55. The van der Waals surface area contributed by atoms with Gasteiger partial charge < -0.3 is 15.0 Å². The molecule has 0 bridgehead atoms. The fraction of sp³-hybridized carbons (Fsp3) is 0.211. The zero-order chi connectivity index (χ0) is 16.2. The molecule has 4 heteroatoms. The molecule has 1 N–H and O–H groups in total. The van der Waals surface area contributed by atoms with Gasteiger partial charge in [-0.05, 0) is 48.4 Å². The first-order valence-corrected chi connectivity index (χ1v) is 7.63. The Morgan fingerprint density at radius 3 is 2.70 bits per heavy atom. The number of hydrogen-bond donors (Lipinski definition) is 1. The van der Waals surface area contributed by atoms with Crippen LogP contribution in [0.1, 0.15) is 5.56 Å². The fourth-order valence-electron chi connectivity index (χ4n) is 2.96. The minimum absolute atomic E-state index is 0.0532. The Morgan fingerprint density at radius 2 is 2.00 bits per heavy atom. The largest absolute Gasteiger partial charge is 0.497 e. The van der Waals surface area contributed by atoms with Crippen LogP contribution in [0.5, 0.6) is 5.75 Å². The van der Waals surface area contributed by atoms with E-state index < -0.39 is 0 Å². The SMILES string of the molecule is C=CC(=O)NC1Cc2ccccc2N(c2ccc(OC)cc2)C1. The second kappa shape index (κ2) is 6.57. The number of anilines is 2. The zero-order valence-corrected chi connectivity index (χ0v) is 13.2. The first kappa shape index (κ1) is 15.2. The second-order valence-corrected chi connectivity index (χ2v) is 5.55. The van der Waals surface area contributed by atoms with Crippen molar-refractivity contribution >= 4 is 17.3 Å². The Labute approximate surface area is 136 Å². The van der Waals surface area contributed by atoms with Gasteiger partial charge in [0, 0.05) is 17.9 Å². The topological polar surface area (TPSA) is 41.6 Å². The van der Waals surface area contributed by atoms with E-state index in [9.17, 15) is 4.79 Å². The molecule has 3 rings (SSSR count). The highest BCUT2D eigenvalue weighted by Gasteiger charge is 2.25. The van der Waals surface area contributed by atoms with E-state index in [1.807, 2.05) is 36.4 Å². The van der Waals surface area contributed by atoms with Gasteiger partial charge in [0.05, 0.1) is 13.2 Å². The minimum atomic E-state index is -0.135. The molecule has 4 nitrogen and oxygen atoms in total. The van der Waals surface area contributed by atoms with Crippen LogP contribution in [-0.2, 0) is 11.2 Å². The van der Waals surface area contributed by atoms with Crippen molar-refractivity contribution in [2.45, 2.75) is 12.5 Å². The van der Waals surface area contributed by atoms with Gasteiger partial charge in [-0.15, -0.1) is 0 Å². The molecule has 2 aromatic carbocycles. The molecule has 0 spiro atoms. The van der Waals surface area contributed by atoms with Crippen molar-refractivity contribution in [2.75, 3.05) is 18.6 Å². The number of rotatable bonds is 4. The molecule has 1 atom stereocenters. The van der Waals surface area contributed by atoms with E-state index in [0.717, 1.165) is 24.4 Å². The van der Waals surface area contributed by atoms with E-state index in [0.29, 0.717) is 0 Å². The normalized spacial score (nSPS) is 16.4. The average molecular weight is 308 g/mol. The summed E-state index contributed by atoms with van der Waals surface area (Å²) in [6, 6.07) is 16.3. The van der Waals surface area contributed by atoms with Gasteiger partial charge in [0.2, 0.25) is 5.91 Å². The minimum Gasteiger partial charge on any atom is -0.497 e. The van der Waals surface area contributed by atoms with Gasteiger partial charge in [-0.3, -0.25) is 4.79 Å². The third kappa shape index (κ3) is 3.21. The number of benzene rings is 2. The number of nitrogens with one attached hydrogen (secondary N) is 1. The number of para-hydroxylation sites is 1. The van der Waals surface area contributed by atoms with Crippen LogP contribution >= 0.6 is 0 Å². The lowest BCUT2D eigenvalue weighted by Gasteiger charge is -2.36. The molecule has 23 heavy (non-hydrogen) atoms. The van der Waals surface area contributed by atoms with E-state index >= 15 is 0 Å². The van der Waals surface area contributed by atoms with E-state index in [1.54, 1.807) is 7.11 Å². The Hall–Kier alpha value is -2.75. The smallest absolute Gasteiger partial charge is 0.243 e. The number of fused-ring (bicyclic) bond motifs is 1. The fourth-order valence-corrected chi connectivity index (χ4v) is 2.96. The molecule has 1 unspecified atom stereocenters. The molecule has 2 aromatic rings. The van der Waals surface area contributed by atoms with Crippen LogP contribution in [-0.4, -0.2) is 25.6 Å². The molecule has 1 heterocycles. The number of amides is 1.